The zero-order valence-electron chi connectivity index (χ0n) is 21.8. The molecule has 1 heterocycles. The number of rotatable bonds is 6. The third kappa shape index (κ3) is 4.77. The van der Waals surface area contributed by atoms with Gasteiger partial charge in [0.15, 0.2) is 0 Å². The van der Waals surface area contributed by atoms with Crippen LogP contribution in [0.3, 0.4) is 0 Å². The third-order valence-electron chi connectivity index (χ3n) is 7.41. The molecule has 1 aliphatic rings. The van der Waals surface area contributed by atoms with Gasteiger partial charge in [-0.1, -0.05) is 49.4 Å². The molecular formula is C31H30N4O4. The van der Waals surface area contributed by atoms with Gasteiger partial charge in [0.25, 0.3) is 5.91 Å². The van der Waals surface area contributed by atoms with Gasteiger partial charge in [-0.25, -0.2) is 0 Å². The van der Waals surface area contributed by atoms with Gasteiger partial charge in [0.2, 0.25) is 11.8 Å². The summed E-state index contributed by atoms with van der Waals surface area (Å²) in [6.45, 7) is 1.79. The molecule has 1 unspecified atom stereocenters. The molecule has 4 N–H and O–H groups in total. The predicted molar refractivity (Wildman–Crippen MR) is 153 cm³/mol. The fourth-order valence-corrected chi connectivity index (χ4v) is 5.15. The van der Waals surface area contributed by atoms with Gasteiger partial charge in [0.05, 0.1) is 30.9 Å². The van der Waals surface area contributed by atoms with Gasteiger partial charge < -0.3 is 26.0 Å². The second-order valence-electron chi connectivity index (χ2n) is 9.72. The first-order chi connectivity index (χ1) is 18.8. The van der Waals surface area contributed by atoms with Crippen LogP contribution in [0.4, 0.5) is 17.1 Å². The number of fused-ring (bicyclic) bond motifs is 2. The lowest BCUT2D eigenvalue weighted by Gasteiger charge is -2.28. The Bertz CT molecular complexity index is 1570. The van der Waals surface area contributed by atoms with Crippen molar-refractivity contribution in [3.05, 3.63) is 96.1 Å². The van der Waals surface area contributed by atoms with Crippen LogP contribution in [0.1, 0.15) is 22.8 Å². The van der Waals surface area contributed by atoms with Crippen LogP contribution in [0.2, 0.25) is 0 Å². The lowest BCUT2D eigenvalue weighted by molar-refractivity contribution is -0.130. The highest BCUT2D eigenvalue weighted by Crippen LogP contribution is 2.39. The topological polar surface area (TPSA) is 119 Å². The largest absolute Gasteiger partial charge is 0.496 e. The zero-order chi connectivity index (χ0) is 27.7. The van der Waals surface area contributed by atoms with Crippen LogP contribution in [0.25, 0.3) is 10.8 Å². The molecule has 2 atom stereocenters. The molecule has 1 aliphatic heterocycles. The molecule has 0 aromatic heterocycles. The number of amides is 3. The van der Waals surface area contributed by atoms with Crippen molar-refractivity contribution in [1.29, 1.82) is 0 Å². The van der Waals surface area contributed by atoms with Crippen molar-refractivity contribution in [2.24, 2.45) is 17.6 Å². The summed E-state index contributed by atoms with van der Waals surface area (Å²) < 4.78 is 5.70. The Hall–Kier alpha value is -4.85. The average molecular weight is 523 g/mol. The van der Waals surface area contributed by atoms with Crippen LogP contribution in [0.5, 0.6) is 5.75 Å². The van der Waals surface area contributed by atoms with Crippen molar-refractivity contribution < 1.29 is 19.1 Å². The quantitative estimate of drug-likeness (QED) is 0.365. The molecule has 0 radical (unpaired) electrons. The van der Waals surface area contributed by atoms with Crippen LogP contribution in [-0.4, -0.2) is 31.4 Å². The van der Waals surface area contributed by atoms with E-state index in [-0.39, 0.29) is 24.9 Å². The van der Waals surface area contributed by atoms with Crippen LogP contribution in [0, 0.1) is 11.8 Å². The van der Waals surface area contributed by atoms with Gasteiger partial charge in [-0.05, 0) is 53.2 Å². The molecule has 0 saturated carbocycles. The summed E-state index contributed by atoms with van der Waals surface area (Å²) in [7, 11) is 1.59. The molecule has 0 fully saturated rings. The normalized spacial score (nSPS) is 15.9. The minimum atomic E-state index is -0.867. The van der Waals surface area contributed by atoms with E-state index < -0.39 is 17.7 Å². The van der Waals surface area contributed by atoms with Gasteiger partial charge in [-0.2, -0.15) is 0 Å². The minimum Gasteiger partial charge on any atom is -0.496 e. The Morgan fingerprint density at radius 1 is 0.949 bits per heavy atom. The maximum Gasteiger partial charge on any atom is 0.258 e. The number of carbonyl (C=O) groups excluding carboxylic acids is 3. The Morgan fingerprint density at radius 2 is 1.62 bits per heavy atom. The molecule has 39 heavy (non-hydrogen) atoms. The van der Waals surface area contributed by atoms with Gasteiger partial charge in [-0.15, -0.1) is 0 Å². The summed E-state index contributed by atoms with van der Waals surface area (Å²) in [5, 5.41) is 1.95. The van der Waals surface area contributed by atoms with Gasteiger partial charge in [0.1, 0.15) is 5.75 Å². The molecule has 0 saturated heterocycles. The summed E-state index contributed by atoms with van der Waals surface area (Å²) in [6, 6.07) is 25.6. The number of benzene rings is 4. The van der Waals surface area contributed by atoms with Crippen LogP contribution < -0.4 is 26.0 Å². The number of ether oxygens (including phenoxy) is 1. The van der Waals surface area contributed by atoms with Crippen LogP contribution >= 0.6 is 0 Å². The highest BCUT2D eigenvalue weighted by atomic mass is 16.5. The van der Waals surface area contributed by atoms with E-state index in [0.29, 0.717) is 28.4 Å². The first-order valence-corrected chi connectivity index (χ1v) is 12.7. The molecule has 198 valence electrons. The maximum absolute atomic E-state index is 14.3. The molecule has 0 aliphatic carbocycles. The molecule has 5 rings (SSSR count). The van der Waals surface area contributed by atoms with E-state index in [4.69, 9.17) is 16.2 Å². The van der Waals surface area contributed by atoms with E-state index in [1.165, 1.54) is 0 Å². The summed E-state index contributed by atoms with van der Waals surface area (Å²) in [6.07, 6.45) is 0. The third-order valence-corrected chi connectivity index (χ3v) is 7.41. The Balaban J connectivity index is 1.68. The fourth-order valence-electron chi connectivity index (χ4n) is 5.15. The number of para-hydroxylation sites is 2. The molecule has 0 bridgehead atoms. The lowest BCUT2D eigenvalue weighted by atomic mass is 9.91. The van der Waals surface area contributed by atoms with Crippen LogP contribution in [-0.2, 0) is 16.1 Å². The first kappa shape index (κ1) is 25.8. The van der Waals surface area contributed by atoms with Crippen molar-refractivity contribution in [3.63, 3.8) is 0 Å². The molecule has 8 nitrogen and oxygen atoms in total. The van der Waals surface area contributed by atoms with Gasteiger partial charge in [0, 0.05) is 29.3 Å². The summed E-state index contributed by atoms with van der Waals surface area (Å²) in [5.74, 6) is -2.25. The molecule has 4 aromatic carbocycles. The molecule has 4 aromatic rings. The first-order valence-electron chi connectivity index (χ1n) is 12.7. The number of nitrogens with two attached hydrogens (primary N) is 2. The lowest BCUT2D eigenvalue weighted by Crippen LogP contribution is -2.45. The minimum absolute atomic E-state index is 0.00760. The molecule has 3 amide bonds. The molecule has 8 heteroatoms. The number of nitrogen functional groups attached to an aromatic ring is 1. The van der Waals surface area contributed by atoms with E-state index in [0.717, 1.165) is 16.3 Å². The second-order valence-corrected chi connectivity index (χ2v) is 9.72. The highest BCUT2D eigenvalue weighted by molar-refractivity contribution is 6.12. The van der Waals surface area contributed by atoms with E-state index in [9.17, 15) is 14.4 Å². The van der Waals surface area contributed by atoms with E-state index in [1.807, 2.05) is 60.7 Å². The summed E-state index contributed by atoms with van der Waals surface area (Å²) in [4.78, 5) is 43.7. The van der Waals surface area contributed by atoms with Gasteiger partial charge >= 0.3 is 0 Å². The van der Waals surface area contributed by atoms with Crippen molar-refractivity contribution in [1.82, 2.24) is 0 Å². The zero-order valence-corrected chi connectivity index (χ0v) is 21.8. The maximum atomic E-state index is 14.3. The number of hydrogen-bond donors (Lipinski definition) is 2. The number of hydrogen-bond acceptors (Lipinski definition) is 5. The van der Waals surface area contributed by atoms with E-state index in [2.05, 4.69) is 0 Å². The number of nitrogens with zero attached hydrogens (tertiary/aromatic N) is 2. The second kappa shape index (κ2) is 10.5. The molecular weight excluding hydrogens is 492 g/mol. The SMILES string of the molecule is COc1ccc2ccccc2c1CN1C(=O)[C@@H](C(C)C(N)=O)CN(C(=O)c2ccc(N)cc2)c2ccccc21. The number of anilines is 3. The van der Waals surface area contributed by atoms with E-state index >= 15 is 0 Å². The average Bonchev–Trinajstić information content (AvgIpc) is 3.07. The standard InChI is InChI=1S/C31H30N4O4/c1-19(29(33)36)24-17-34(30(37)21-11-14-22(32)15-12-21)26-9-5-6-10-27(26)35(31(24)38)18-25-23-8-4-3-7-20(23)13-16-28(25)39-2/h3-16,19,24H,17-18,32H2,1-2H3,(H2,33,36)/t19?,24-/m1/s1. The van der Waals surface area contributed by atoms with Crippen molar-refractivity contribution in [2.45, 2.75) is 13.5 Å². The van der Waals surface area contributed by atoms with E-state index in [1.54, 1.807) is 48.1 Å². The fraction of sp³-hybridized carbons (Fsp3) is 0.194. The summed E-state index contributed by atoms with van der Waals surface area (Å²) >= 11 is 0. The monoisotopic (exact) mass is 522 g/mol. The van der Waals surface area contributed by atoms with Crippen LogP contribution in [0.15, 0.2) is 84.9 Å². The Kier molecular flexibility index (Phi) is 6.94. The Morgan fingerprint density at radius 3 is 2.31 bits per heavy atom. The number of primary amides is 1. The molecule has 0 spiro atoms. The number of methoxy groups -OCH3 is 1. The smallest absolute Gasteiger partial charge is 0.258 e. The predicted octanol–water partition coefficient (Wildman–Crippen LogP) is 4.36. The summed E-state index contributed by atoms with van der Waals surface area (Å²) in [5.41, 5.74) is 14.4. The van der Waals surface area contributed by atoms with Crippen molar-refractivity contribution in [2.75, 3.05) is 29.2 Å². The van der Waals surface area contributed by atoms with Gasteiger partial charge in [-0.3, -0.25) is 14.4 Å². The number of carbonyl (C=O) groups is 3. The Labute approximate surface area is 226 Å². The highest BCUT2D eigenvalue weighted by Gasteiger charge is 2.40. The van der Waals surface area contributed by atoms with Crippen molar-refractivity contribution >= 4 is 45.6 Å². The van der Waals surface area contributed by atoms with Crippen molar-refractivity contribution in [3.8, 4) is 5.75 Å².